The molecule has 7 nitrogen and oxygen atoms in total. The zero-order chi connectivity index (χ0) is 15.7. The third-order valence-electron chi connectivity index (χ3n) is 2.86. The summed E-state index contributed by atoms with van der Waals surface area (Å²) in [5.41, 5.74) is 0. The van der Waals surface area contributed by atoms with Crippen LogP contribution in [0.1, 0.15) is 33.1 Å². The van der Waals surface area contributed by atoms with E-state index in [1.54, 1.807) is 7.05 Å². The lowest BCUT2D eigenvalue weighted by Gasteiger charge is -2.31. The van der Waals surface area contributed by atoms with Crippen LogP contribution in [0.4, 0.5) is 4.79 Å². The average Bonchev–Trinajstić information content (AvgIpc) is 2.37. The number of carbonyl (C=O) groups excluding carboxylic acids is 2. The van der Waals surface area contributed by atoms with Gasteiger partial charge in [-0.15, -0.1) is 0 Å². The van der Waals surface area contributed by atoms with Crippen LogP contribution in [0.25, 0.3) is 0 Å². The highest BCUT2D eigenvalue weighted by Gasteiger charge is 2.21. The molecule has 0 aliphatic carbocycles. The minimum atomic E-state index is -0.934. The van der Waals surface area contributed by atoms with Crippen molar-refractivity contribution in [3.05, 3.63) is 0 Å². The number of esters is 1. The second-order valence-electron chi connectivity index (χ2n) is 4.81. The minimum Gasteiger partial charge on any atom is -0.481 e. The van der Waals surface area contributed by atoms with Gasteiger partial charge in [0.25, 0.3) is 0 Å². The molecule has 0 unspecified atom stereocenters. The van der Waals surface area contributed by atoms with Crippen LogP contribution in [0, 0.1) is 0 Å². The number of aliphatic carboxylic acids is 1. The van der Waals surface area contributed by atoms with Crippen molar-refractivity contribution in [2.45, 2.75) is 39.2 Å². The van der Waals surface area contributed by atoms with E-state index in [9.17, 15) is 14.4 Å². The Hall–Kier alpha value is -1.79. The lowest BCUT2D eigenvalue weighted by Crippen LogP contribution is -2.46. The highest BCUT2D eigenvalue weighted by Crippen LogP contribution is 2.06. The van der Waals surface area contributed by atoms with Gasteiger partial charge in [-0.05, 0) is 20.3 Å². The molecule has 0 aromatic heterocycles. The van der Waals surface area contributed by atoms with Gasteiger partial charge in [0.1, 0.15) is 0 Å². The van der Waals surface area contributed by atoms with Gasteiger partial charge in [-0.3, -0.25) is 9.59 Å². The minimum absolute atomic E-state index is 0.0788. The van der Waals surface area contributed by atoms with Gasteiger partial charge in [0.15, 0.2) is 0 Å². The second kappa shape index (κ2) is 9.17. The average molecular weight is 288 g/mol. The molecule has 7 heteroatoms. The molecule has 0 rings (SSSR count). The molecule has 0 fully saturated rings. The number of methoxy groups -OCH3 is 1. The summed E-state index contributed by atoms with van der Waals surface area (Å²) >= 11 is 0. The molecular formula is C13H24N2O5. The zero-order valence-electron chi connectivity index (χ0n) is 12.6. The molecule has 0 aromatic carbocycles. The lowest BCUT2D eigenvalue weighted by molar-refractivity contribution is -0.141. The molecule has 0 saturated carbocycles. The predicted molar refractivity (Wildman–Crippen MR) is 73.4 cm³/mol. The largest absolute Gasteiger partial charge is 0.481 e. The van der Waals surface area contributed by atoms with Crippen molar-refractivity contribution in [2.24, 2.45) is 0 Å². The van der Waals surface area contributed by atoms with Crippen LogP contribution in [0.15, 0.2) is 0 Å². The number of hydrogen-bond acceptors (Lipinski definition) is 4. The summed E-state index contributed by atoms with van der Waals surface area (Å²) in [7, 11) is 2.96. The molecule has 0 aliphatic rings. The number of urea groups is 1. The summed E-state index contributed by atoms with van der Waals surface area (Å²) in [6, 6.07) is -0.309. The smallest absolute Gasteiger partial charge is 0.319 e. The summed E-state index contributed by atoms with van der Waals surface area (Å²) < 4.78 is 4.53. The standard InChI is InChI=1S/C13H24N2O5/c1-10(2)15(9-7-11(16)17)13(19)14(3)8-5-6-12(18)20-4/h10H,5-9H2,1-4H3,(H,16,17). The lowest BCUT2D eigenvalue weighted by atomic mass is 10.2. The SMILES string of the molecule is COC(=O)CCCN(C)C(=O)N(CCC(=O)O)C(C)C. The summed E-state index contributed by atoms with van der Waals surface area (Å²) in [6.45, 7) is 4.27. The molecule has 0 aromatic rings. The van der Waals surface area contributed by atoms with Crippen molar-refractivity contribution in [1.29, 1.82) is 0 Å². The van der Waals surface area contributed by atoms with Gasteiger partial charge < -0.3 is 19.6 Å². The Morgan fingerprint density at radius 3 is 2.20 bits per heavy atom. The molecule has 0 radical (unpaired) electrons. The topological polar surface area (TPSA) is 87.2 Å². The molecule has 0 heterocycles. The third kappa shape index (κ3) is 6.96. The number of carboxylic acids is 1. The van der Waals surface area contributed by atoms with Crippen molar-refractivity contribution in [1.82, 2.24) is 9.80 Å². The maximum Gasteiger partial charge on any atom is 0.319 e. The van der Waals surface area contributed by atoms with Crippen LogP contribution in [-0.2, 0) is 14.3 Å². The summed E-state index contributed by atoms with van der Waals surface area (Å²) in [6.07, 6.45) is 0.685. The Morgan fingerprint density at radius 1 is 1.15 bits per heavy atom. The van der Waals surface area contributed by atoms with E-state index in [1.807, 2.05) is 13.8 Å². The third-order valence-corrected chi connectivity index (χ3v) is 2.86. The summed E-state index contributed by atoms with van der Waals surface area (Å²) in [5, 5.41) is 8.69. The van der Waals surface area contributed by atoms with Crippen molar-refractivity contribution in [2.75, 3.05) is 27.2 Å². The molecular weight excluding hydrogens is 264 g/mol. The maximum atomic E-state index is 12.2. The quantitative estimate of drug-likeness (QED) is 0.678. The number of amides is 2. The van der Waals surface area contributed by atoms with E-state index >= 15 is 0 Å². The highest BCUT2D eigenvalue weighted by atomic mass is 16.5. The molecule has 0 atom stereocenters. The van der Waals surface area contributed by atoms with Crippen LogP contribution in [-0.4, -0.2) is 66.2 Å². The Kier molecular flexibility index (Phi) is 8.35. The molecule has 0 saturated heterocycles. The normalized spacial score (nSPS) is 10.2. The number of hydrogen-bond donors (Lipinski definition) is 1. The van der Waals surface area contributed by atoms with Gasteiger partial charge >= 0.3 is 18.0 Å². The maximum absolute atomic E-state index is 12.2. The van der Waals surface area contributed by atoms with E-state index < -0.39 is 5.97 Å². The first-order chi connectivity index (χ1) is 9.29. The van der Waals surface area contributed by atoms with Crippen molar-refractivity contribution in [3.8, 4) is 0 Å². The van der Waals surface area contributed by atoms with Crippen LogP contribution in [0.2, 0.25) is 0 Å². The molecule has 0 bridgehead atoms. The first-order valence-electron chi connectivity index (χ1n) is 6.60. The van der Waals surface area contributed by atoms with E-state index in [1.165, 1.54) is 16.9 Å². The van der Waals surface area contributed by atoms with Crippen LogP contribution in [0.5, 0.6) is 0 Å². The second-order valence-corrected chi connectivity index (χ2v) is 4.81. The van der Waals surface area contributed by atoms with Gasteiger partial charge in [0.2, 0.25) is 0 Å². The number of carboxylic acid groups (broad SMARTS) is 1. The van der Waals surface area contributed by atoms with Crippen molar-refractivity contribution < 1.29 is 24.2 Å². The number of ether oxygens (including phenoxy) is 1. The Labute approximate surface area is 119 Å². The van der Waals surface area contributed by atoms with Crippen LogP contribution >= 0.6 is 0 Å². The Bertz CT molecular complexity index is 344. The molecule has 0 aliphatic heterocycles. The highest BCUT2D eigenvalue weighted by molar-refractivity contribution is 5.75. The number of nitrogens with zero attached hydrogens (tertiary/aromatic N) is 2. The summed E-state index contributed by atoms with van der Waals surface area (Å²) in [4.78, 5) is 36.8. The fourth-order valence-corrected chi connectivity index (χ4v) is 1.67. The molecule has 1 N–H and O–H groups in total. The Morgan fingerprint density at radius 2 is 1.75 bits per heavy atom. The Balaban J connectivity index is 4.34. The van der Waals surface area contributed by atoms with Gasteiger partial charge in [0, 0.05) is 32.6 Å². The van der Waals surface area contributed by atoms with Crippen LogP contribution in [0.3, 0.4) is 0 Å². The fraction of sp³-hybridized carbons (Fsp3) is 0.769. The monoisotopic (exact) mass is 288 g/mol. The fourth-order valence-electron chi connectivity index (χ4n) is 1.67. The van der Waals surface area contributed by atoms with E-state index in [-0.39, 0.29) is 37.4 Å². The van der Waals surface area contributed by atoms with Gasteiger partial charge in [-0.1, -0.05) is 0 Å². The first kappa shape index (κ1) is 18.2. The van der Waals surface area contributed by atoms with E-state index in [2.05, 4.69) is 4.74 Å². The number of carbonyl (C=O) groups is 3. The van der Waals surface area contributed by atoms with Gasteiger partial charge in [-0.25, -0.2) is 4.79 Å². The van der Waals surface area contributed by atoms with E-state index in [0.717, 1.165) is 0 Å². The predicted octanol–water partition coefficient (Wildman–Crippen LogP) is 1.18. The molecule has 2 amide bonds. The van der Waals surface area contributed by atoms with Gasteiger partial charge in [0.05, 0.1) is 13.5 Å². The van der Waals surface area contributed by atoms with E-state index in [4.69, 9.17) is 5.11 Å². The molecule has 0 spiro atoms. The van der Waals surface area contributed by atoms with E-state index in [0.29, 0.717) is 13.0 Å². The summed E-state index contributed by atoms with van der Waals surface area (Å²) in [5.74, 6) is -1.24. The zero-order valence-corrected chi connectivity index (χ0v) is 12.6. The molecule has 116 valence electrons. The van der Waals surface area contributed by atoms with Crippen molar-refractivity contribution in [3.63, 3.8) is 0 Å². The number of rotatable bonds is 8. The van der Waals surface area contributed by atoms with Gasteiger partial charge in [-0.2, -0.15) is 0 Å². The first-order valence-corrected chi connectivity index (χ1v) is 6.60. The van der Waals surface area contributed by atoms with Crippen LogP contribution < -0.4 is 0 Å². The molecule has 20 heavy (non-hydrogen) atoms. The van der Waals surface area contributed by atoms with Crippen molar-refractivity contribution >= 4 is 18.0 Å².